The molecule has 25 heavy (non-hydrogen) atoms. The molecule has 3 heterocycles. The second kappa shape index (κ2) is 6.90. The Labute approximate surface area is 155 Å². The van der Waals surface area contributed by atoms with Crippen molar-refractivity contribution in [3.8, 4) is 0 Å². The smallest absolute Gasteiger partial charge is 0.410 e. The Morgan fingerprint density at radius 2 is 2.20 bits per heavy atom. The van der Waals surface area contributed by atoms with E-state index in [0.29, 0.717) is 44.3 Å². The number of carbonyl (C=O) groups is 2. The minimum Gasteiger partial charge on any atom is -0.444 e. The van der Waals surface area contributed by atoms with Gasteiger partial charge in [0.15, 0.2) is 0 Å². The second-order valence-corrected chi connectivity index (χ2v) is 8.17. The number of hydrogen-bond acceptors (Lipinski definition) is 5. The Morgan fingerprint density at radius 1 is 1.44 bits per heavy atom. The fourth-order valence-electron chi connectivity index (χ4n) is 3.00. The molecule has 1 saturated heterocycles. The van der Waals surface area contributed by atoms with E-state index >= 15 is 0 Å². The number of fused-ring (bicyclic) bond motifs is 1. The van der Waals surface area contributed by atoms with Crippen LogP contribution in [-0.4, -0.2) is 50.9 Å². The van der Waals surface area contributed by atoms with Gasteiger partial charge in [0.2, 0.25) is 11.9 Å². The van der Waals surface area contributed by atoms with Crippen LogP contribution < -0.4 is 4.90 Å². The van der Waals surface area contributed by atoms with Crippen molar-refractivity contribution in [1.29, 1.82) is 0 Å². The number of hydrogen-bond donors (Lipinski definition) is 0. The molecule has 1 aromatic rings. The highest BCUT2D eigenvalue weighted by molar-refractivity contribution is 9.09. The third kappa shape index (κ3) is 4.11. The van der Waals surface area contributed by atoms with Gasteiger partial charge < -0.3 is 9.64 Å². The first-order chi connectivity index (χ1) is 11.8. The third-order valence-corrected chi connectivity index (χ3v) is 5.15. The molecule has 0 saturated carbocycles. The molecular weight excluding hydrogens is 388 g/mol. The molecule has 1 unspecified atom stereocenters. The summed E-state index contributed by atoms with van der Waals surface area (Å²) in [6.45, 7) is 7.19. The average Bonchev–Trinajstić information content (AvgIpc) is 2.93. The maximum absolute atomic E-state index is 12.2. The van der Waals surface area contributed by atoms with Crippen LogP contribution in [0.3, 0.4) is 0 Å². The van der Waals surface area contributed by atoms with E-state index in [1.807, 2.05) is 20.8 Å². The van der Waals surface area contributed by atoms with Crippen LogP contribution in [0.15, 0.2) is 6.20 Å². The van der Waals surface area contributed by atoms with E-state index in [-0.39, 0.29) is 12.0 Å². The summed E-state index contributed by atoms with van der Waals surface area (Å²) in [6.07, 6.45) is 2.56. The number of ether oxygens (including phenoxy) is 1. The van der Waals surface area contributed by atoms with Gasteiger partial charge >= 0.3 is 6.09 Å². The number of carbonyl (C=O) groups excluding carboxylic acids is 2. The zero-order valence-corrected chi connectivity index (χ0v) is 16.4. The van der Waals surface area contributed by atoms with Crippen molar-refractivity contribution < 1.29 is 14.3 Å². The van der Waals surface area contributed by atoms with E-state index in [2.05, 4.69) is 25.9 Å². The Bertz CT molecular complexity index is 689. The molecule has 8 heteroatoms. The number of aromatic nitrogens is 2. The predicted octanol–water partition coefficient (Wildman–Crippen LogP) is 2.52. The quantitative estimate of drug-likeness (QED) is 0.700. The fourth-order valence-corrected chi connectivity index (χ4v) is 3.43. The summed E-state index contributed by atoms with van der Waals surface area (Å²) in [5.41, 5.74) is 1.30. The van der Waals surface area contributed by atoms with Crippen molar-refractivity contribution in [3.63, 3.8) is 0 Å². The summed E-state index contributed by atoms with van der Waals surface area (Å²) in [5, 5.41) is 0.797. The first-order valence-corrected chi connectivity index (χ1v) is 9.58. The highest BCUT2D eigenvalue weighted by Gasteiger charge is 2.33. The average molecular weight is 411 g/mol. The molecule has 0 spiro atoms. The lowest BCUT2D eigenvalue weighted by atomic mass is 10.1. The number of rotatable bonds is 2. The maximum Gasteiger partial charge on any atom is 0.410 e. The summed E-state index contributed by atoms with van der Waals surface area (Å²) < 4.78 is 5.42. The summed E-state index contributed by atoms with van der Waals surface area (Å²) in [7, 11) is 0. The summed E-state index contributed by atoms with van der Waals surface area (Å²) in [5.74, 6) is 0.836. The first kappa shape index (κ1) is 18.1. The topological polar surface area (TPSA) is 75.6 Å². The highest BCUT2D eigenvalue weighted by Crippen LogP contribution is 2.26. The summed E-state index contributed by atoms with van der Waals surface area (Å²) >= 11 is 3.44. The van der Waals surface area contributed by atoms with Crippen LogP contribution in [-0.2, 0) is 22.5 Å². The van der Waals surface area contributed by atoms with Crippen molar-refractivity contribution in [3.05, 3.63) is 17.5 Å². The SMILES string of the molecule is CC(C)(C)OC(=O)N1CCc2nc(N3CC(CBr)CC3=O)ncc2C1. The molecule has 0 radical (unpaired) electrons. The molecule has 1 fully saturated rings. The molecule has 2 aliphatic rings. The summed E-state index contributed by atoms with van der Waals surface area (Å²) in [6, 6.07) is 0. The van der Waals surface area contributed by atoms with Crippen LogP contribution in [0.2, 0.25) is 0 Å². The van der Waals surface area contributed by atoms with Crippen molar-refractivity contribution in [1.82, 2.24) is 14.9 Å². The van der Waals surface area contributed by atoms with Gasteiger partial charge in [0.25, 0.3) is 0 Å². The Hall–Kier alpha value is -1.70. The second-order valence-electron chi connectivity index (χ2n) is 7.52. The van der Waals surface area contributed by atoms with Crippen molar-refractivity contribution >= 4 is 33.9 Å². The molecule has 0 aliphatic carbocycles. The standard InChI is InChI=1S/C17H23BrN4O3/c1-17(2,3)25-16(24)21-5-4-13-12(10-21)8-19-15(20-13)22-9-11(7-18)6-14(22)23/h8,11H,4-7,9-10H2,1-3H3. The molecular formula is C17H23BrN4O3. The van der Waals surface area contributed by atoms with E-state index < -0.39 is 5.60 Å². The molecule has 3 rings (SSSR count). The molecule has 2 amide bonds. The Morgan fingerprint density at radius 3 is 2.84 bits per heavy atom. The van der Waals surface area contributed by atoms with Crippen molar-refractivity contribution in [2.24, 2.45) is 5.92 Å². The zero-order chi connectivity index (χ0) is 18.2. The predicted molar refractivity (Wildman–Crippen MR) is 96.6 cm³/mol. The molecule has 0 N–H and O–H groups in total. The van der Waals surface area contributed by atoms with Crippen LogP contribution in [0.25, 0.3) is 0 Å². The maximum atomic E-state index is 12.2. The number of halogens is 1. The Kier molecular flexibility index (Phi) is 4.99. The molecule has 136 valence electrons. The highest BCUT2D eigenvalue weighted by atomic mass is 79.9. The van der Waals surface area contributed by atoms with Gasteiger partial charge in [-0.1, -0.05) is 15.9 Å². The zero-order valence-electron chi connectivity index (χ0n) is 14.8. The van der Waals surface area contributed by atoms with Gasteiger partial charge in [0, 0.05) is 43.0 Å². The minimum absolute atomic E-state index is 0.0654. The third-order valence-electron chi connectivity index (χ3n) is 4.24. The molecule has 1 aromatic heterocycles. The van der Waals surface area contributed by atoms with E-state index in [4.69, 9.17) is 4.74 Å². The number of nitrogens with zero attached hydrogens (tertiary/aromatic N) is 4. The van der Waals surface area contributed by atoms with Crippen LogP contribution >= 0.6 is 15.9 Å². The van der Waals surface area contributed by atoms with Crippen LogP contribution in [0, 0.1) is 5.92 Å². The van der Waals surface area contributed by atoms with E-state index in [1.165, 1.54) is 0 Å². The Balaban J connectivity index is 1.72. The molecule has 0 aromatic carbocycles. The number of amides is 2. The van der Waals surface area contributed by atoms with Crippen molar-refractivity contribution in [2.45, 2.75) is 45.8 Å². The van der Waals surface area contributed by atoms with Gasteiger partial charge in [-0.3, -0.25) is 9.69 Å². The first-order valence-electron chi connectivity index (χ1n) is 8.46. The van der Waals surface area contributed by atoms with Crippen LogP contribution in [0.4, 0.5) is 10.7 Å². The molecule has 1 atom stereocenters. The molecule has 7 nitrogen and oxygen atoms in total. The lowest BCUT2D eigenvalue weighted by Crippen LogP contribution is -2.40. The van der Waals surface area contributed by atoms with Gasteiger partial charge in [0.1, 0.15) is 5.60 Å². The van der Waals surface area contributed by atoms with Crippen LogP contribution in [0.1, 0.15) is 38.4 Å². The monoisotopic (exact) mass is 410 g/mol. The van der Waals surface area contributed by atoms with E-state index in [0.717, 1.165) is 16.6 Å². The van der Waals surface area contributed by atoms with Crippen molar-refractivity contribution in [2.75, 3.05) is 23.3 Å². The normalized spacial score (nSPS) is 20.6. The fraction of sp³-hybridized carbons (Fsp3) is 0.647. The van der Waals surface area contributed by atoms with Gasteiger partial charge in [0.05, 0.1) is 12.2 Å². The van der Waals surface area contributed by atoms with Gasteiger partial charge in [-0.2, -0.15) is 0 Å². The van der Waals surface area contributed by atoms with E-state index in [1.54, 1.807) is 16.0 Å². The number of alkyl halides is 1. The minimum atomic E-state index is -0.514. The van der Waals surface area contributed by atoms with Gasteiger partial charge in [-0.05, 0) is 26.7 Å². The van der Waals surface area contributed by atoms with Gasteiger partial charge in [-0.25, -0.2) is 14.8 Å². The number of anilines is 1. The largest absolute Gasteiger partial charge is 0.444 e. The molecule has 2 aliphatic heterocycles. The lowest BCUT2D eigenvalue weighted by Gasteiger charge is -2.31. The summed E-state index contributed by atoms with van der Waals surface area (Å²) in [4.78, 5) is 36.6. The van der Waals surface area contributed by atoms with E-state index in [9.17, 15) is 9.59 Å². The lowest BCUT2D eigenvalue weighted by molar-refractivity contribution is -0.117. The van der Waals surface area contributed by atoms with Gasteiger partial charge in [-0.15, -0.1) is 0 Å². The molecule has 0 bridgehead atoms. The van der Waals surface area contributed by atoms with Crippen LogP contribution in [0.5, 0.6) is 0 Å².